The van der Waals surface area contributed by atoms with Crippen LogP contribution in [0.15, 0.2) is 36.4 Å². The fraction of sp³-hybridized carbons (Fsp3) is 0.0714. The molecule has 0 radical (unpaired) electrons. The predicted octanol–water partition coefficient (Wildman–Crippen LogP) is 5.38. The minimum atomic E-state index is -4.81. The van der Waals surface area contributed by atoms with Crippen LogP contribution in [0.3, 0.4) is 0 Å². The maximum atomic E-state index is 13.5. The first-order valence-electron chi connectivity index (χ1n) is 5.56. The smallest absolute Gasteiger partial charge is 0.289 e. The van der Waals surface area contributed by atoms with Crippen molar-refractivity contribution in [1.82, 2.24) is 0 Å². The molecule has 0 aromatic heterocycles. The summed E-state index contributed by atoms with van der Waals surface area (Å²) in [6, 6.07) is 5.96. The highest BCUT2D eigenvalue weighted by atomic mass is 35.5. The van der Waals surface area contributed by atoms with Crippen LogP contribution in [-0.4, -0.2) is 5.78 Å². The number of benzene rings is 2. The van der Waals surface area contributed by atoms with Gasteiger partial charge in [0.15, 0.2) is 5.78 Å². The number of carbonyl (C=O) groups is 1. The molecule has 110 valence electrons. The fourth-order valence-electron chi connectivity index (χ4n) is 1.74. The van der Waals surface area contributed by atoms with Crippen LogP contribution in [-0.2, 0) is 6.18 Å². The van der Waals surface area contributed by atoms with Gasteiger partial charge in [-0.3, -0.25) is 4.79 Å². The largest absolute Gasteiger partial charge is 0.419 e. The molecule has 0 aliphatic heterocycles. The summed E-state index contributed by atoms with van der Waals surface area (Å²) in [5.41, 5.74) is -1.59. The summed E-state index contributed by atoms with van der Waals surface area (Å²) in [7, 11) is 0. The molecule has 21 heavy (non-hydrogen) atoms. The maximum absolute atomic E-state index is 13.5. The van der Waals surface area contributed by atoms with E-state index < -0.39 is 23.3 Å². The highest BCUT2D eigenvalue weighted by Gasteiger charge is 2.34. The molecule has 7 heteroatoms. The average molecular weight is 337 g/mol. The molecule has 0 N–H and O–H groups in total. The van der Waals surface area contributed by atoms with Crippen molar-refractivity contribution >= 4 is 29.0 Å². The highest BCUT2D eigenvalue weighted by molar-refractivity contribution is 6.35. The first-order valence-corrected chi connectivity index (χ1v) is 6.31. The average Bonchev–Trinajstić information content (AvgIpc) is 2.35. The Balaban J connectivity index is 2.43. The van der Waals surface area contributed by atoms with E-state index in [1.165, 1.54) is 18.2 Å². The zero-order valence-electron chi connectivity index (χ0n) is 10.1. The van der Waals surface area contributed by atoms with Crippen LogP contribution >= 0.6 is 23.2 Å². The summed E-state index contributed by atoms with van der Waals surface area (Å²) >= 11 is 11.5. The Hall–Kier alpha value is -1.59. The van der Waals surface area contributed by atoms with Gasteiger partial charge in [0.25, 0.3) is 0 Å². The number of ketones is 1. The van der Waals surface area contributed by atoms with Gasteiger partial charge in [0.05, 0.1) is 5.56 Å². The predicted molar refractivity (Wildman–Crippen MR) is 71.3 cm³/mol. The lowest BCUT2D eigenvalue weighted by molar-refractivity contribution is -0.140. The van der Waals surface area contributed by atoms with Crippen LogP contribution in [0.5, 0.6) is 0 Å². The van der Waals surface area contributed by atoms with Gasteiger partial charge in [-0.15, -0.1) is 0 Å². The molecular weight excluding hydrogens is 331 g/mol. The molecule has 2 aromatic rings. The molecule has 0 aliphatic carbocycles. The normalized spacial score (nSPS) is 11.5. The van der Waals surface area contributed by atoms with Gasteiger partial charge < -0.3 is 0 Å². The van der Waals surface area contributed by atoms with Gasteiger partial charge in [-0.05, 0) is 30.3 Å². The summed E-state index contributed by atoms with van der Waals surface area (Å²) < 4.78 is 50.8. The number of hydrogen-bond donors (Lipinski definition) is 0. The lowest BCUT2D eigenvalue weighted by atomic mass is 10.0. The number of rotatable bonds is 2. The second-order valence-corrected chi connectivity index (χ2v) is 5.05. The molecule has 0 fully saturated rings. The molecule has 0 unspecified atom stereocenters. The summed E-state index contributed by atoms with van der Waals surface area (Å²) in [5, 5.41) is 0.386. The maximum Gasteiger partial charge on any atom is 0.419 e. The molecule has 0 aliphatic rings. The van der Waals surface area contributed by atoms with Crippen LogP contribution in [0.1, 0.15) is 21.5 Å². The van der Waals surface area contributed by atoms with E-state index in [0.29, 0.717) is 12.1 Å². The Morgan fingerprint density at radius 2 is 1.48 bits per heavy atom. The van der Waals surface area contributed by atoms with E-state index in [4.69, 9.17) is 23.2 Å². The second-order valence-electron chi connectivity index (χ2n) is 4.18. The molecule has 0 amide bonds. The number of carbonyl (C=O) groups excluding carboxylic acids is 1. The molecule has 0 saturated carbocycles. The van der Waals surface area contributed by atoms with Gasteiger partial charge in [0, 0.05) is 21.2 Å². The van der Waals surface area contributed by atoms with Crippen LogP contribution in [0.25, 0.3) is 0 Å². The third kappa shape index (κ3) is 3.54. The van der Waals surface area contributed by atoms with E-state index in [2.05, 4.69) is 0 Å². The van der Waals surface area contributed by atoms with Crippen LogP contribution in [0.4, 0.5) is 17.6 Å². The summed E-state index contributed by atoms with van der Waals surface area (Å²) in [4.78, 5) is 12.1. The monoisotopic (exact) mass is 336 g/mol. The Labute approximate surface area is 127 Å². The molecule has 0 heterocycles. The molecule has 2 aromatic carbocycles. The number of alkyl halides is 3. The summed E-state index contributed by atoms with van der Waals surface area (Å²) in [6.45, 7) is 0. The SMILES string of the molecule is O=C(c1cc(Cl)cc(Cl)c1)c1ccc(C(F)(F)F)c(F)c1. The van der Waals surface area contributed by atoms with Crippen molar-refractivity contribution in [2.45, 2.75) is 6.18 Å². The molecule has 1 nitrogen and oxygen atoms in total. The van der Waals surface area contributed by atoms with E-state index >= 15 is 0 Å². The molecule has 2 rings (SSSR count). The summed E-state index contributed by atoms with van der Waals surface area (Å²) in [6.07, 6.45) is -4.81. The van der Waals surface area contributed by atoms with Crippen molar-refractivity contribution in [2.24, 2.45) is 0 Å². The van der Waals surface area contributed by atoms with E-state index in [9.17, 15) is 22.4 Å². The number of hydrogen-bond acceptors (Lipinski definition) is 1. The van der Waals surface area contributed by atoms with Crippen LogP contribution in [0, 0.1) is 5.82 Å². The van der Waals surface area contributed by atoms with E-state index in [0.717, 1.165) is 6.07 Å². The third-order valence-corrected chi connectivity index (χ3v) is 3.10. The number of halogens is 6. The molecule has 0 atom stereocenters. The first-order chi connectivity index (χ1) is 9.68. The van der Waals surface area contributed by atoms with Gasteiger partial charge in [0.1, 0.15) is 5.82 Å². The standard InChI is InChI=1S/C14H6Cl2F4O/c15-9-3-8(4-10(16)6-9)13(21)7-1-2-11(12(17)5-7)14(18,19)20/h1-6H. The molecular formula is C14H6Cl2F4O. The summed E-state index contributed by atoms with van der Waals surface area (Å²) in [5.74, 6) is -2.19. The van der Waals surface area contributed by atoms with Crippen molar-refractivity contribution in [2.75, 3.05) is 0 Å². The van der Waals surface area contributed by atoms with Crippen molar-refractivity contribution in [1.29, 1.82) is 0 Å². The van der Waals surface area contributed by atoms with Gasteiger partial charge in [0.2, 0.25) is 0 Å². The topological polar surface area (TPSA) is 17.1 Å². The third-order valence-electron chi connectivity index (χ3n) is 2.66. The van der Waals surface area contributed by atoms with Crippen molar-refractivity contribution < 1.29 is 22.4 Å². The van der Waals surface area contributed by atoms with Gasteiger partial charge >= 0.3 is 6.18 Å². The second kappa shape index (κ2) is 5.66. The van der Waals surface area contributed by atoms with Crippen LogP contribution in [0.2, 0.25) is 10.0 Å². The quantitative estimate of drug-likeness (QED) is 0.531. The molecule has 0 bridgehead atoms. The van der Waals surface area contributed by atoms with E-state index in [-0.39, 0.29) is 21.2 Å². The Morgan fingerprint density at radius 1 is 0.905 bits per heavy atom. The highest BCUT2D eigenvalue weighted by Crippen LogP contribution is 2.32. The zero-order valence-corrected chi connectivity index (χ0v) is 11.7. The van der Waals surface area contributed by atoms with E-state index in [1.54, 1.807) is 0 Å². The Kier molecular flexibility index (Phi) is 4.25. The van der Waals surface area contributed by atoms with Gasteiger partial charge in [-0.1, -0.05) is 29.3 Å². The zero-order chi connectivity index (χ0) is 15.8. The van der Waals surface area contributed by atoms with E-state index in [1.807, 2.05) is 0 Å². The van der Waals surface area contributed by atoms with Crippen molar-refractivity contribution in [3.05, 3.63) is 69.0 Å². The van der Waals surface area contributed by atoms with Crippen molar-refractivity contribution in [3.8, 4) is 0 Å². The van der Waals surface area contributed by atoms with Crippen LogP contribution < -0.4 is 0 Å². The lowest BCUT2D eigenvalue weighted by Gasteiger charge is -2.09. The first kappa shape index (κ1) is 15.8. The minimum Gasteiger partial charge on any atom is -0.289 e. The Bertz CT molecular complexity index is 690. The van der Waals surface area contributed by atoms with Crippen molar-refractivity contribution in [3.63, 3.8) is 0 Å². The molecule has 0 spiro atoms. The lowest BCUT2D eigenvalue weighted by Crippen LogP contribution is -2.10. The van der Waals surface area contributed by atoms with Gasteiger partial charge in [-0.25, -0.2) is 4.39 Å². The Morgan fingerprint density at radius 3 is 1.95 bits per heavy atom. The minimum absolute atomic E-state index is 0.0617. The molecule has 0 saturated heterocycles. The fourth-order valence-corrected chi connectivity index (χ4v) is 2.26. The van der Waals surface area contributed by atoms with Gasteiger partial charge in [-0.2, -0.15) is 13.2 Å².